The standard InChI is InChI=1S/C18H23NO/c1-14(2)13-20-18-6-4-5-16(11-18)12-19-17-9-7-15(3)8-10-17/h4-11,14,19H,12-13H2,1-3H3. The molecule has 0 saturated heterocycles. The van der Waals surface area contributed by atoms with Crippen LogP contribution in [0.5, 0.6) is 5.75 Å². The maximum Gasteiger partial charge on any atom is 0.119 e. The molecule has 0 radical (unpaired) electrons. The van der Waals surface area contributed by atoms with Crippen LogP contribution in [0.25, 0.3) is 0 Å². The number of nitrogens with one attached hydrogen (secondary N) is 1. The first-order chi connectivity index (χ1) is 9.63. The Morgan fingerprint density at radius 1 is 1.05 bits per heavy atom. The van der Waals surface area contributed by atoms with Crippen molar-refractivity contribution in [3.05, 3.63) is 59.7 Å². The Kier molecular flexibility index (Phi) is 5.05. The third-order valence-electron chi connectivity index (χ3n) is 3.03. The van der Waals surface area contributed by atoms with E-state index in [4.69, 9.17) is 4.74 Å². The zero-order valence-electron chi connectivity index (χ0n) is 12.5. The number of benzene rings is 2. The molecular weight excluding hydrogens is 246 g/mol. The molecule has 0 fully saturated rings. The summed E-state index contributed by atoms with van der Waals surface area (Å²) >= 11 is 0. The second-order valence-corrected chi connectivity index (χ2v) is 5.57. The van der Waals surface area contributed by atoms with E-state index in [0.29, 0.717) is 5.92 Å². The van der Waals surface area contributed by atoms with Gasteiger partial charge in [-0.2, -0.15) is 0 Å². The highest BCUT2D eigenvalue weighted by Gasteiger charge is 1.99. The van der Waals surface area contributed by atoms with Crippen LogP contribution in [0.2, 0.25) is 0 Å². The van der Waals surface area contributed by atoms with Crippen molar-refractivity contribution in [2.75, 3.05) is 11.9 Å². The summed E-state index contributed by atoms with van der Waals surface area (Å²) in [7, 11) is 0. The second kappa shape index (κ2) is 6.99. The Labute approximate surface area is 121 Å². The summed E-state index contributed by atoms with van der Waals surface area (Å²) in [6.07, 6.45) is 0. The van der Waals surface area contributed by atoms with Crippen molar-refractivity contribution in [2.24, 2.45) is 5.92 Å². The molecule has 2 rings (SSSR count). The van der Waals surface area contributed by atoms with Crippen molar-refractivity contribution in [3.63, 3.8) is 0 Å². The Balaban J connectivity index is 1.92. The van der Waals surface area contributed by atoms with Crippen LogP contribution in [0.1, 0.15) is 25.0 Å². The van der Waals surface area contributed by atoms with Crippen LogP contribution in [0.4, 0.5) is 5.69 Å². The summed E-state index contributed by atoms with van der Waals surface area (Å²) in [6.45, 7) is 7.97. The third kappa shape index (κ3) is 4.61. The fourth-order valence-corrected chi connectivity index (χ4v) is 1.88. The van der Waals surface area contributed by atoms with Crippen molar-refractivity contribution >= 4 is 5.69 Å². The lowest BCUT2D eigenvalue weighted by atomic mass is 10.2. The molecule has 0 bridgehead atoms. The van der Waals surface area contributed by atoms with E-state index in [1.165, 1.54) is 11.1 Å². The van der Waals surface area contributed by atoms with E-state index in [0.717, 1.165) is 24.6 Å². The lowest BCUT2D eigenvalue weighted by Crippen LogP contribution is -2.05. The highest BCUT2D eigenvalue weighted by molar-refractivity contribution is 5.45. The average Bonchev–Trinajstić information content (AvgIpc) is 2.45. The number of aryl methyl sites for hydroxylation is 1. The third-order valence-corrected chi connectivity index (χ3v) is 3.03. The van der Waals surface area contributed by atoms with Gasteiger partial charge in [-0.15, -0.1) is 0 Å². The first-order valence-electron chi connectivity index (χ1n) is 7.16. The molecule has 20 heavy (non-hydrogen) atoms. The highest BCUT2D eigenvalue weighted by atomic mass is 16.5. The van der Waals surface area contributed by atoms with Gasteiger partial charge in [0.15, 0.2) is 0 Å². The largest absolute Gasteiger partial charge is 0.493 e. The summed E-state index contributed by atoms with van der Waals surface area (Å²) in [6, 6.07) is 16.7. The van der Waals surface area contributed by atoms with E-state index < -0.39 is 0 Å². The molecule has 0 heterocycles. The van der Waals surface area contributed by atoms with Gasteiger partial charge in [0.25, 0.3) is 0 Å². The second-order valence-electron chi connectivity index (χ2n) is 5.57. The molecule has 2 heteroatoms. The normalized spacial score (nSPS) is 10.6. The number of hydrogen-bond donors (Lipinski definition) is 1. The maximum atomic E-state index is 5.75. The molecular formula is C18H23NO. The van der Waals surface area contributed by atoms with Crippen molar-refractivity contribution in [1.82, 2.24) is 0 Å². The lowest BCUT2D eigenvalue weighted by molar-refractivity contribution is 0.271. The molecule has 0 saturated carbocycles. The summed E-state index contributed by atoms with van der Waals surface area (Å²) in [5, 5.41) is 3.42. The van der Waals surface area contributed by atoms with Crippen molar-refractivity contribution in [2.45, 2.75) is 27.3 Å². The molecule has 0 atom stereocenters. The van der Waals surface area contributed by atoms with Crippen LogP contribution in [0.15, 0.2) is 48.5 Å². The van der Waals surface area contributed by atoms with Crippen molar-refractivity contribution in [1.29, 1.82) is 0 Å². The van der Waals surface area contributed by atoms with Crippen molar-refractivity contribution < 1.29 is 4.74 Å². The first-order valence-corrected chi connectivity index (χ1v) is 7.16. The summed E-state index contributed by atoms with van der Waals surface area (Å²) in [5.74, 6) is 1.49. The predicted octanol–water partition coefficient (Wildman–Crippen LogP) is 4.64. The van der Waals surface area contributed by atoms with Gasteiger partial charge in [-0.1, -0.05) is 43.7 Å². The molecule has 2 aromatic carbocycles. The van der Waals surface area contributed by atoms with Gasteiger partial charge in [0.2, 0.25) is 0 Å². The molecule has 0 spiro atoms. The number of ether oxygens (including phenoxy) is 1. The molecule has 106 valence electrons. The zero-order chi connectivity index (χ0) is 14.4. The Morgan fingerprint density at radius 2 is 1.80 bits per heavy atom. The van der Waals surface area contributed by atoms with Gasteiger partial charge in [-0.05, 0) is 42.7 Å². The molecule has 2 nitrogen and oxygen atoms in total. The van der Waals surface area contributed by atoms with Crippen LogP contribution < -0.4 is 10.1 Å². The summed E-state index contributed by atoms with van der Waals surface area (Å²) in [5.41, 5.74) is 3.65. The van der Waals surface area contributed by atoms with Crippen LogP contribution in [0, 0.1) is 12.8 Å². The molecule has 2 aromatic rings. The van der Waals surface area contributed by atoms with Gasteiger partial charge >= 0.3 is 0 Å². The molecule has 0 aliphatic heterocycles. The molecule has 1 N–H and O–H groups in total. The monoisotopic (exact) mass is 269 g/mol. The van der Waals surface area contributed by atoms with Gasteiger partial charge in [-0.25, -0.2) is 0 Å². The summed E-state index contributed by atoms with van der Waals surface area (Å²) in [4.78, 5) is 0. The smallest absolute Gasteiger partial charge is 0.119 e. The highest BCUT2D eigenvalue weighted by Crippen LogP contribution is 2.16. The van der Waals surface area contributed by atoms with Crippen LogP contribution in [-0.2, 0) is 6.54 Å². The van der Waals surface area contributed by atoms with Gasteiger partial charge in [0, 0.05) is 12.2 Å². The van der Waals surface area contributed by atoms with E-state index in [1.54, 1.807) is 0 Å². The maximum absolute atomic E-state index is 5.75. The summed E-state index contributed by atoms with van der Waals surface area (Å²) < 4.78 is 5.75. The van der Waals surface area contributed by atoms with Gasteiger partial charge < -0.3 is 10.1 Å². The van der Waals surface area contributed by atoms with Crippen LogP contribution in [-0.4, -0.2) is 6.61 Å². The van der Waals surface area contributed by atoms with E-state index in [1.807, 2.05) is 12.1 Å². The van der Waals surface area contributed by atoms with Crippen molar-refractivity contribution in [3.8, 4) is 5.75 Å². The Morgan fingerprint density at radius 3 is 2.50 bits per heavy atom. The fraction of sp³-hybridized carbons (Fsp3) is 0.333. The van der Waals surface area contributed by atoms with E-state index in [9.17, 15) is 0 Å². The van der Waals surface area contributed by atoms with E-state index in [-0.39, 0.29) is 0 Å². The minimum atomic E-state index is 0.546. The lowest BCUT2D eigenvalue weighted by Gasteiger charge is -2.11. The van der Waals surface area contributed by atoms with Gasteiger partial charge in [0.05, 0.1) is 6.61 Å². The zero-order valence-corrected chi connectivity index (χ0v) is 12.5. The number of anilines is 1. The molecule has 0 aliphatic carbocycles. The minimum Gasteiger partial charge on any atom is -0.493 e. The van der Waals surface area contributed by atoms with E-state index in [2.05, 4.69) is 62.5 Å². The van der Waals surface area contributed by atoms with Crippen LogP contribution >= 0.6 is 0 Å². The van der Waals surface area contributed by atoms with Gasteiger partial charge in [0.1, 0.15) is 5.75 Å². The van der Waals surface area contributed by atoms with Crippen LogP contribution in [0.3, 0.4) is 0 Å². The Hall–Kier alpha value is -1.96. The Bertz CT molecular complexity index is 531. The fourth-order valence-electron chi connectivity index (χ4n) is 1.88. The van der Waals surface area contributed by atoms with E-state index >= 15 is 0 Å². The predicted molar refractivity (Wildman–Crippen MR) is 85.3 cm³/mol. The molecule has 0 unspecified atom stereocenters. The average molecular weight is 269 g/mol. The first kappa shape index (κ1) is 14.4. The topological polar surface area (TPSA) is 21.3 Å². The molecule has 0 amide bonds. The SMILES string of the molecule is Cc1ccc(NCc2cccc(OCC(C)C)c2)cc1. The molecule has 0 aromatic heterocycles. The molecule has 0 aliphatic rings. The van der Waals surface area contributed by atoms with Gasteiger partial charge in [-0.3, -0.25) is 0 Å². The number of rotatable bonds is 6. The number of hydrogen-bond acceptors (Lipinski definition) is 2. The minimum absolute atomic E-state index is 0.546. The quantitative estimate of drug-likeness (QED) is 0.824.